The molecule has 1 saturated heterocycles. The minimum atomic E-state index is 0. The number of carbonyl (C=O) groups excluding carboxylic acids is 1. The lowest BCUT2D eigenvalue weighted by atomic mass is 9.84. The number of amides is 1. The number of nitrogens with one attached hydrogen (secondary N) is 1. The van der Waals surface area contributed by atoms with Gasteiger partial charge in [0.25, 0.3) is 0 Å². The number of halogens is 1. The summed E-state index contributed by atoms with van der Waals surface area (Å²) in [5.74, 6) is 1.32. The van der Waals surface area contributed by atoms with Crippen molar-refractivity contribution in [2.75, 3.05) is 39.3 Å². The number of guanidine groups is 1. The zero-order chi connectivity index (χ0) is 17.5. The van der Waals surface area contributed by atoms with Gasteiger partial charge in [-0.2, -0.15) is 0 Å². The molecule has 1 amide bonds. The van der Waals surface area contributed by atoms with Gasteiger partial charge in [-0.25, -0.2) is 0 Å². The number of aliphatic imine (C=N–C) groups is 1. The van der Waals surface area contributed by atoms with Crippen LogP contribution in [-0.2, 0) is 4.79 Å². The first kappa shape index (κ1) is 21.7. The van der Waals surface area contributed by atoms with Gasteiger partial charge < -0.3 is 16.0 Å². The van der Waals surface area contributed by atoms with E-state index in [1.165, 1.54) is 44.9 Å². The van der Waals surface area contributed by atoms with Gasteiger partial charge in [0, 0.05) is 44.7 Å². The van der Waals surface area contributed by atoms with E-state index in [0.717, 1.165) is 52.1 Å². The second-order valence-electron chi connectivity index (χ2n) is 7.89. The molecular weight excluding hydrogens is 441 g/mol. The lowest BCUT2D eigenvalue weighted by Crippen LogP contribution is -2.51. The van der Waals surface area contributed by atoms with Crippen molar-refractivity contribution < 1.29 is 4.79 Å². The van der Waals surface area contributed by atoms with E-state index in [9.17, 15) is 4.79 Å². The minimum Gasteiger partial charge on any atom is -0.370 e. The first-order chi connectivity index (χ1) is 12.2. The fourth-order valence-corrected chi connectivity index (χ4v) is 4.10. The average Bonchev–Trinajstić information content (AvgIpc) is 2.82. The maximum atomic E-state index is 12.3. The Morgan fingerprint density at radius 1 is 0.962 bits per heavy atom. The Bertz CT molecular complexity index is 453. The summed E-state index contributed by atoms with van der Waals surface area (Å²) in [7, 11) is 0. The van der Waals surface area contributed by atoms with Crippen LogP contribution in [0.1, 0.15) is 57.8 Å². The summed E-state index contributed by atoms with van der Waals surface area (Å²) in [4.78, 5) is 21.2. The molecule has 0 aromatic heterocycles. The molecule has 26 heavy (non-hydrogen) atoms. The van der Waals surface area contributed by atoms with E-state index in [1.807, 2.05) is 0 Å². The summed E-state index contributed by atoms with van der Waals surface area (Å²) in [6, 6.07) is 0.507. The van der Waals surface area contributed by atoms with Gasteiger partial charge in [-0.3, -0.25) is 14.7 Å². The maximum absolute atomic E-state index is 12.3. The van der Waals surface area contributed by atoms with Crippen LogP contribution in [0.25, 0.3) is 0 Å². The van der Waals surface area contributed by atoms with E-state index in [1.54, 1.807) is 0 Å². The summed E-state index contributed by atoms with van der Waals surface area (Å²) < 4.78 is 0. The monoisotopic (exact) mass is 477 g/mol. The second kappa shape index (κ2) is 11.3. The molecule has 0 bridgehead atoms. The molecule has 2 saturated carbocycles. The normalized spacial score (nSPS) is 23.7. The van der Waals surface area contributed by atoms with Crippen LogP contribution in [0, 0.1) is 5.92 Å². The van der Waals surface area contributed by atoms with Gasteiger partial charge in [0.2, 0.25) is 5.91 Å². The molecule has 0 aromatic carbocycles. The smallest absolute Gasteiger partial charge is 0.225 e. The van der Waals surface area contributed by atoms with Crippen LogP contribution < -0.4 is 11.1 Å². The van der Waals surface area contributed by atoms with Crippen LogP contribution in [0.4, 0.5) is 0 Å². The predicted molar refractivity (Wildman–Crippen MR) is 117 cm³/mol. The van der Waals surface area contributed by atoms with Crippen LogP contribution >= 0.6 is 24.0 Å². The topological polar surface area (TPSA) is 74.0 Å². The quantitative estimate of drug-likeness (QED) is 0.276. The van der Waals surface area contributed by atoms with Crippen molar-refractivity contribution >= 4 is 35.8 Å². The summed E-state index contributed by atoms with van der Waals surface area (Å²) in [5.41, 5.74) is 6.06. The highest BCUT2D eigenvalue weighted by Gasteiger charge is 2.30. The van der Waals surface area contributed by atoms with Gasteiger partial charge in [-0.15, -0.1) is 24.0 Å². The van der Waals surface area contributed by atoms with E-state index < -0.39 is 0 Å². The van der Waals surface area contributed by atoms with Gasteiger partial charge in [-0.1, -0.05) is 32.1 Å². The maximum Gasteiger partial charge on any atom is 0.225 e. The molecule has 3 rings (SSSR count). The molecule has 1 heterocycles. The number of carbonyl (C=O) groups is 1. The van der Waals surface area contributed by atoms with Crippen molar-refractivity contribution in [1.82, 2.24) is 15.1 Å². The second-order valence-corrected chi connectivity index (χ2v) is 7.89. The van der Waals surface area contributed by atoms with Crippen LogP contribution in [0.2, 0.25) is 0 Å². The molecule has 3 N–H and O–H groups in total. The van der Waals surface area contributed by atoms with Gasteiger partial charge >= 0.3 is 0 Å². The Kier molecular flexibility index (Phi) is 9.45. The summed E-state index contributed by atoms with van der Waals surface area (Å²) in [6.07, 6.45) is 11.2. The number of rotatable bonds is 5. The van der Waals surface area contributed by atoms with Crippen molar-refractivity contribution in [3.05, 3.63) is 0 Å². The van der Waals surface area contributed by atoms with Crippen molar-refractivity contribution in [3.63, 3.8) is 0 Å². The summed E-state index contributed by atoms with van der Waals surface area (Å²) >= 11 is 0. The highest BCUT2D eigenvalue weighted by Crippen LogP contribution is 2.28. The molecule has 1 aliphatic heterocycles. The molecule has 3 aliphatic rings. The zero-order valence-electron chi connectivity index (χ0n) is 16.0. The Morgan fingerprint density at radius 2 is 1.62 bits per heavy atom. The van der Waals surface area contributed by atoms with E-state index in [-0.39, 0.29) is 24.0 Å². The highest BCUT2D eigenvalue weighted by atomic mass is 127. The number of hydrogen-bond acceptors (Lipinski definition) is 3. The Labute approximate surface area is 175 Å². The van der Waals surface area contributed by atoms with E-state index in [4.69, 9.17) is 5.73 Å². The molecule has 0 atom stereocenters. The third-order valence-electron chi connectivity index (χ3n) is 6.04. The third-order valence-corrected chi connectivity index (χ3v) is 6.04. The Hall–Kier alpha value is -0.570. The van der Waals surface area contributed by atoms with Crippen molar-refractivity contribution in [2.24, 2.45) is 16.6 Å². The van der Waals surface area contributed by atoms with Crippen molar-refractivity contribution in [1.29, 1.82) is 0 Å². The van der Waals surface area contributed by atoms with Crippen molar-refractivity contribution in [2.45, 2.75) is 63.8 Å². The number of nitrogens with two attached hydrogens (primary N) is 1. The number of piperazine rings is 1. The Morgan fingerprint density at radius 3 is 2.19 bits per heavy atom. The Balaban J connectivity index is 0.00000243. The molecule has 7 heteroatoms. The highest BCUT2D eigenvalue weighted by molar-refractivity contribution is 14.0. The van der Waals surface area contributed by atoms with Crippen LogP contribution in [0.5, 0.6) is 0 Å². The first-order valence-corrected chi connectivity index (χ1v) is 10.3. The SMILES string of the molecule is I.NC(=NCCN1CCN(C(=O)C2CCC2)CC1)NC1CCCCCC1. The van der Waals surface area contributed by atoms with Gasteiger partial charge in [-0.05, 0) is 25.7 Å². The number of hydrogen-bond donors (Lipinski definition) is 2. The van der Waals surface area contributed by atoms with Crippen LogP contribution in [0.3, 0.4) is 0 Å². The van der Waals surface area contributed by atoms with Crippen molar-refractivity contribution in [3.8, 4) is 0 Å². The van der Waals surface area contributed by atoms with E-state index in [0.29, 0.717) is 23.8 Å². The fraction of sp³-hybridized carbons (Fsp3) is 0.895. The minimum absolute atomic E-state index is 0. The zero-order valence-corrected chi connectivity index (χ0v) is 18.3. The van der Waals surface area contributed by atoms with Gasteiger partial charge in [0.05, 0.1) is 6.54 Å². The lowest BCUT2D eigenvalue weighted by Gasteiger charge is -2.38. The van der Waals surface area contributed by atoms with E-state index in [2.05, 4.69) is 20.1 Å². The standard InChI is InChI=1S/C19H35N5O.HI/c20-19(22-17-8-3-1-2-4-9-17)21-10-11-23-12-14-24(15-13-23)18(25)16-6-5-7-16;/h16-17H,1-15H2,(H3,20,21,22);1H. The first-order valence-electron chi connectivity index (χ1n) is 10.3. The third kappa shape index (κ3) is 6.55. The molecule has 0 radical (unpaired) electrons. The molecule has 3 fully saturated rings. The predicted octanol–water partition coefficient (Wildman–Crippen LogP) is 2.18. The average molecular weight is 477 g/mol. The van der Waals surface area contributed by atoms with Gasteiger partial charge in [0.1, 0.15) is 0 Å². The van der Waals surface area contributed by atoms with Crippen LogP contribution in [-0.4, -0.2) is 67.0 Å². The van der Waals surface area contributed by atoms with E-state index >= 15 is 0 Å². The molecule has 2 aliphatic carbocycles. The fourth-order valence-electron chi connectivity index (χ4n) is 4.10. The molecule has 6 nitrogen and oxygen atoms in total. The largest absolute Gasteiger partial charge is 0.370 e. The molecular formula is C19H36IN5O. The molecule has 0 aromatic rings. The number of nitrogens with zero attached hydrogens (tertiary/aromatic N) is 3. The molecule has 0 spiro atoms. The lowest BCUT2D eigenvalue weighted by molar-refractivity contribution is -0.139. The summed E-state index contributed by atoms with van der Waals surface area (Å²) in [5, 5.41) is 3.40. The van der Waals surface area contributed by atoms with Gasteiger partial charge in [0.15, 0.2) is 5.96 Å². The summed E-state index contributed by atoms with van der Waals surface area (Å²) in [6.45, 7) is 5.33. The van der Waals surface area contributed by atoms with Crippen LogP contribution in [0.15, 0.2) is 4.99 Å². The molecule has 0 unspecified atom stereocenters. The molecule has 150 valence electrons.